The van der Waals surface area contributed by atoms with E-state index in [0.29, 0.717) is 17.6 Å². The van der Waals surface area contributed by atoms with Gasteiger partial charge in [0, 0.05) is 62.4 Å². The van der Waals surface area contributed by atoms with Crippen LogP contribution in [0.25, 0.3) is 0 Å². The Morgan fingerprint density at radius 2 is 1.61 bits per heavy atom. The van der Waals surface area contributed by atoms with Crippen LogP contribution in [0.15, 0.2) is 54.6 Å². The number of benzene rings is 2. The van der Waals surface area contributed by atoms with Crippen LogP contribution in [0.2, 0.25) is 5.02 Å². The summed E-state index contributed by atoms with van der Waals surface area (Å²) in [7, 11) is 0. The van der Waals surface area contributed by atoms with Gasteiger partial charge >= 0.3 is 0 Å². The molecule has 2 saturated heterocycles. The van der Waals surface area contributed by atoms with E-state index in [2.05, 4.69) is 62.9 Å². The molecule has 1 aromatic heterocycles. The first-order valence-electron chi connectivity index (χ1n) is 13.4. The van der Waals surface area contributed by atoms with Gasteiger partial charge < -0.3 is 25.2 Å². The summed E-state index contributed by atoms with van der Waals surface area (Å²) >= 11 is 12.1. The molecular weight excluding hydrogens is 516 g/mol. The molecule has 0 atom stereocenters. The highest BCUT2D eigenvalue weighted by Gasteiger charge is 2.35. The number of fused-ring (bicyclic) bond motifs is 1. The van der Waals surface area contributed by atoms with E-state index in [0.717, 1.165) is 68.9 Å². The molecule has 3 aliphatic heterocycles. The first-order chi connectivity index (χ1) is 18.6. The minimum absolute atomic E-state index is 0.0976. The van der Waals surface area contributed by atoms with Crippen LogP contribution >= 0.6 is 23.8 Å². The first kappa shape index (κ1) is 25.3. The van der Waals surface area contributed by atoms with Crippen LogP contribution < -0.4 is 20.4 Å². The van der Waals surface area contributed by atoms with Crippen molar-refractivity contribution in [2.24, 2.45) is 0 Å². The van der Waals surface area contributed by atoms with Gasteiger partial charge in [0.25, 0.3) is 0 Å². The molecule has 3 aromatic rings. The second kappa shape index (κ2) is 11.0. The minimum Gasteiger partial charge on any atom is -0.381 e. The summed E-state index contributed by atoms with van der Waals surface area (Å²) in [5.74, 6) is 2.40. The van der Waals surface area contributed by atoms with E-state index in [1.807, 2.05) is 12.1 Å². The second-order valence-electron chi connectivity index (χ2n) is 10.4. The van der Waals surface area contributed by atoms with E-state index in [-0.39, 0.29) is 5.41 Å². The van der Waals surface area contributed by atoms with Gasteiger partial charge in [0.15, 0.2) is 5.11 Å². The fraction of sp³-hybridized carbons (Fsp3) is 0.414. The molecular formula is C29H33ClN6OS. The Hall–Kier alpha value is -2.94. The number of halogens is 1. The summed E-state index contributed by atoms with van der Waals surface area (Å²) in [6.07, 6.45) is 4.19. The summed E-state index contributed by atoms with van der Waals surface area (Å²) in [5.41, 5.74) is 3.82. The normalized spacial score (nSPS) is 18.3. The average molecular weight is 549 g/mol. The summed E-state index contributed by atoms with van der Waals surface area (Å²) in [6, 6.07) is 18.9. The quantitative estimate of drug-likeness (QED) is 0.403. The lowest BCUT2D eigenvalue weighted by Gasteiger charge is -2.38. The summed E-state index contributed by atoms with van der Waals surface area (Å²) in [4.78, 5) is 14.4. The molecule has 9 heteroatoms. The Kier molecular flexibility index (Phi) is 7.37. The Morgan fingerprint density at radius 3 is 2.29 bits per heavy atom. The smallest absolute Gasteiger partial charge is 0.232 e. The molecule has 0 amide bonds. The Balaban J connectivity index is 1.20. The first-order valence-corrected chi connectivity index (χ1v) is 14.2. The summed E-state index contributed by atoms with van der Waals surface area (Å²) < 4.78 is 5.69. The van der Waals surface area contributed by atoms with Crippen LogP contribution in [-0.4, -0.2) is 47.9 Å². The molecule has 0 saturated carbocycles. The Labute approximate surface area is 234 Å². The van der Waals surface area contributed by atoms with Gasteiger partial charge in [-0.3, -0.25) is 0 Å². The van der Waals surface area contributed by atoms with Crippen LogP contribution in [0, 0.1) is 0 Å². The highest BCUT2D eigenvalue weighted by molar-refractivity contribution is 7.80. The third-order valence-corrected chi connectivity index (χ3v) is 8.48. The lowest BCUT2D eigenvalue weighted by atomic mass is 9.74. The van der Waals surface area contributed by atoms with E-state index in [1.54, 1.807) is 0 Å². The molecule has 0 spiro atoms. The van der Waals surface area contributed by atoms with Crippen molar-refractivity contribution >= 4 is 46.5 Å². The van der Waals surface area contributed by atoms with Gasteiger partial charge in [-0.25, -0.2) is 0 Å². The number of hydrogen-bond acceptors (Lipinski definition) is 6. The zero-order chi connectivity index (χ0) is 26.0. The average Bonchev–Trinajstić information content (AvgIpc) is 3.63. The third kappa shape index (κ3) is 5.44. The van der Waals surface area contributed by atoms with E-state index < -0.39 is 0 Å². The van der Waals surface area contributed by atoms with Crippen molar-refractivity contribution in [3.8, 4) is 0 Å². The molecule has 0 radical (unpaired) electrons. The maximum Gasteiger partial charge on any atom is 0.232 e. The topological polar surface area (TPSA) is 65.6 Å². The van der Waals surface area contributed by atoms with Crippen molar-refractivity contribution in [2.45, 2.75) is 44.2 Å². The van der Waals surface area contributed by atoms with Crippen molar-refractivity contribution in [3.63, 3.8) is 0 Å². The predicted molar refractivity (Wildman–Crippen MR) is 157 cm³/mol. The zero-order valence-corrected chi connectivity index (χ0v) is 23.0. The molecule has 0 aliphatic carbocycles. The molecule has 198 valence electrons. The Bertz CT molecular complexity index is 1280. The summed E-state index contributed by atoms with van der Waals surface area (Å²) in [6.45, 7) is 5.85. The number of anilines is 3. The van der Waals surface area contributed by atoms with Gasteiger partial charge in [-0.1, -0.05) is 48.0 Å². The van der Waals surface area contributed by atoms with E-state index in [1.165, 1.54) is 29.5 Å². The van der Waals surface area contributed by atoms with Gasteiger partial charge in [-0.2, -0.15) is 9.97 Å². The minimum atomic E-state index is -0.0976. The number of nitrogens with one attached hydrogen (secondary N) is 2. The molecule has 2 fully saturated rings. The van der Waals surface area contributed by atoms with Crippen LogP contribution in [-0.2, 0) is 23.2 Å². The lowest BCUT2D eigenvalue weighted by Crippen LogP contribution is -2.45. The van der Waals surface area contributed by atoms with Gasteiger partial charge in [-0.05, 0) is 66.7 Å². The van der Waals surface area contributed by atoms with Crippen molar-refractivity contribution in [1.82, 2.24) is 15.3 Å². The highest BCUT2D eigenvalue weighted by Crippen LogP contribution is 2.36. The molecule has 3 aliphatic rings. The fourth-order valence-corrected chi connectivity index (χ4v) is 6.14. The number of aromatic nitrogens is 2. The van der Waals surface area contributed by atoms with Crippen molar-refractivity contribution in [2.75, 3.05) is 48.0 Å². The highest BCUT2D eigenvalue weighted by atomic mass is 35.5. The van der Waals surface area contributed by atoms with Gasteiger partial charge in [0.05, 0.1) is 0 Å². The van der Waals surface area contributed by atoms with Gasteiger partial charge in [0.1, 0.15) is 11.6 Å². The maximum atomic E-state index is 6.35. The lowest BCUT2D eigenvalue weighted by molar-refractivity contribution is 0.0515. The fourth-order valence-electron chi connectivity index (χ4n) is 5.79. The molecule has 4 heterocycles. The third-order valence-electron chi connectivity index (χ3n) is 7.99. The second-order valence-corrected chi connectivity index (χ2v) is 11.3. The molecule has 6 rings (SSSR count). The predicted octanol–water partition coefficient (Wildman–Crippen LogP) is 5.29. The molecule has 38 heavy (non-hydrogen) atoms. The van der Waals surface area contributed by atoms with Crippen LogP contribution in [0.5, 0.6) is 0 Å². The van der Waals surface area contributed by atoms with Crippen molar-refractivity contribution < 1.29 is 4.74 Å². The van der Waals surface area contributed by atoms with Crippen molar-refractivity contribution in [1.29, 1.82) is 0 Å². The molecule has 0 bridgehead atoms. The monoisotopic (exact) mass is 548 g/mol. The van der Waals surface area contributed by atoms with Crippen LogP contribution in [0.3, 0.4) is 0 Å². The maximum absolute atomic E-state index is 6.35. The standard InChI is InChI=1S/C29H33ClN6OS/c30-24-9-5-8-23(16-24)29(10-14-37-15-11-29)20-31-28(38)34-27-32-25(35-12-3-4-13-35)17-26(33-27)36-18-21-6-1-2-7-22(21)19-36/h1-2,5-9,16-17H,3-4,10-15,18-20H2,(H2,31,32,33,34,38). The van der Waals surface area contributed by atoms with Crippen molar-refractivity contribution in [3.05, 3.63) is 76.3 Å². The summed E-state index contributed by atoms with van der Waals surface area (Å²) in [5, 5.41) is 8.03. The van der Waals surface area contributed by atoms with E-state index in [4.69, 9.17) is 38.5 Å². The largest absolute Gasteiger partial charge is 0.381 e. The SMILES string of the molecule is S=C(NCC1(c2cccc(Cl)c2)CCOCC1)Nc1nc(N2CCCC2)cc(N2Cc3ccccc3C2)n1. The molecule has 2 N–H and O–H groups in total. The molecule has 2 aromatic carbocycles. The molecule has 0 unspecified atom stereocenters. The van der Waals surface area contributed by atoms with E-state index >= 15 is 0 Å². The zero-order valence-electron chi connectivity index (χ0n) is 21.5. The molecule has 7 nitrogen and oxygen atoms in total. The number of hydrogen-bond donors (Lipinski definition) is 2. The number of rotatable bonds is 6. The number of nitrogens with zero attached hydrogens (tertiary/aromatic N) is 4. The Morgan fingerprint density at radius 1 is 0.921 bits per heavy atom. The van der Waals surface area contributed by atoms with E-state index in [9.17, 15) is 0 Å². The van der Waals surface area contributed by atoms with Crippen LogP contribution in [0.4, 0.5) is 17.6 Å². The number of thiocarbonyl (C=S) groups is 1. The number of ether oxygens (including phenoxy) is 1. The van der Waals surface area contributed by atoms with Gasteiger partial charge in [-0.15, -0.1) is 0 Å². The van der Waals surface area contributed by atoms with Crippen LogP contribution in [0.1, 0.15) is 42.4 Å². The van der Waals surface area contributed by atoms with Gasteiger partial charge in [0.2, 0.25) is 5.95 Å².